The average Bonchev–Trinajstić information content (AvgIpc) is 2.97. The number of thioether (sulfide) groups is 2. The monoisotopic (exact) mass is 296 g/mol. The molecule has 2 fully saturated rings. The number of carboxylic acids is 1. The van der Waals surface area contributed by atoms with Gasteiger partial charge in [0.15, 0.2) is 0 Å². The van der Waals surface area contributed by atoms with Crippen molar-refractivity contribution in [2.45, 2.75) is 67.1 Å². The van der Waals surface area contributed by atoms with E-state index in [0.717, 1.165) is 5.75 Å². The van der Waals surface area contributed by atoms with Gasteiger partial charge in [-0.2, -0.15) is 11.8 Å². The summed E-state index contributed by atoms with van der Waals surface area (Å²) in [6, 6.07) is 0. The van der Waals surface area contributed by atoms with E-state index < -0.39 is 5.97 Å². The summed E-state index contributed by atoms with van der Waals surface area (Å²) in [5, 5.41) is 12.1. The minimum absolute atomic E-state index is 0. The maximum Gasteiger partial charge on any atom is 1.00 e. The second kappa shape index (κ2) is 9.17. The van der Waals surface area contributed by atoms with Crippen molar-refractivity contribution in [3.05, 3.63) is 0 Å². The van der Waals surface area contributed by atoms with Crippen LogP contribution in [0.3, 0.4) is 0 Å². The first-order valence-corrected chi connectivity index (χ1v) is 8.73. The Morgan fingerprint density at radius 3 is 2.06 bits per heavy atom. The summed E-state index contributed by atoms with van der Waals surface area (Å²) < 4.78 is 0. The molecule has 0 spiro atoms. The summed E-state index contributed by atoms with van der Waals surface area (Å²) in [6.45, 7) is 0. The van der Waals surface area contributed by atoms with Crippen LogP contribution in [0, 0.1) is 0 Å². The van der Waals surface area contributed by atoms with E-state index >= 15 is 0 Å². The summed E-state index contributed by atoms with van der Waals surface area (Å²) in [5.74, 6) is -0.110. The number of rotatable bonds is 6. The van der Waals surface area contributed by atoms with Crippen molar-refractivity contribution < 1.29 is 39.5 Å². The zero-order valence-corrected chi connectivity index (χ0v) is 14.9. The van der Waals surface area contributed by atoms with Crippen molar-refractivity contribution in [3.8, 4) is 0 Å². The van der Waals surface area contributed by atoms with Gasteiger partial charge in [-0.1, -0.05) is 25.7 Å². The fraction of sp³-hybridized carbons (Fsp3) is 0.923. The standard InChI is InChI=1S/C13H22O2S2.Na/c14-13(15)12(17-11-7-3-4-8-11)9-16-10-5-1-2-6-10;/h10-12H,1-9H2,(H,14,15);/q;+1/p-1. The van der Waals surface area contributed by atoms with Crippen LogP contribution in [0.1, 0.15) is 51.4 Å². The van der Waals surface area contributed by atoms with Gasteiger partial charge in [0, 0.05) is 16.3 Å². The predicted molar refractivity (Wildman–Crippen MR) is 73.4 cm³/mol. The van der Waals surface area contributed by atoms with E-state index in [0.29, 0.717) is 10.5 Å². The minimum atomic E-state index is -0.854. The molecule has 2 nitrogen and oxygen atoms in total. The van der Waals surface area contributed by atoms with Gasteiger partial charge in [0.25, 0.3) is 0 Å². The third-order valence-corrected chi connectivity index (χ3v) is 6.93. The third kappa shape index (κ3) is 5.66. The molecule has 0 amide bonds. The zero-order valence-electron chi connectivity index (χ0n) is 11.2. The summed E-state index contributed by atoms with van der Waals surface area (Å²) in [6.07, 6.45) is 10.1. The zero-order chi connectivity index (χ0) is 12.1. The van der Waals surface area contributed by atoms with Gasteiger partial charge in [0.1, 0.15) is 0 Å². The number of aliphatic carboxylic acids is 1. The summed E-state index contributed by atoms with van der Waals surface area (Å²) in [4.78, 5) is 11.1. The van der Waals surface area contributed by atoms with E-state index in [1.807, 2.05) is 11.8 Å². The fourth-order valence-corrected chi connectivity index (χ4v) is 5.68. The molecule has 1 unspecified atom stereocenters. The van der Waals surface area contributed by atoms with Crippen LogP contribution >= 0.6 is 23.5 Å². The van der Waals surface area contributed by atoms with Gasteiger partial charge in [0.05, 0.1) is 11.2 Å². The molecule has 5 heteroatoms. The molecule has 18 heavy (non-hydrogen) atoms. The first-order valence-electron chi connectivity index (χ1n) is 6.73. The molecule has 0 heterocycles. The van der Waals surface area contributed by atoms with Crippen LogP contribution in [-0.4, -0.2) is 27.5 Å². The van der Waals surface area contributed by atoms with E-state index in [4.69, 9.17) is 0 Å². The van der Waals surface area contributed by atoms with Crippen LogP contribution < -0.4 is 34.7 Å². The smallest absolute Gasteiger partial charge is 0.549 e. The van der Waals surface area contributed by atoms with Gasteiger partial charge in [-0.15, -0.1) is 11.8 Å². The van der Waals surface area contributed by atoms with Crippen molar-refractivity contribution >= 4 is 29.5 Å². The maximum absolute atomic E-state index is 11.1. The molecule has 0 saturated heterocycles. The third-order valence-electron chi connectivity index (χ3n) is 3.71. The first kappa shape index (κ1) is 17.2. The van der Waals surface area contributed by atoms with Crippen LogP contribution in [0.25, 0.3) is 0 Å². The Morgan fingerprint density at radius 1 is 1.06 bits per heavy atom. The Labute approximate surface area is 141 Å². The van der Waals surface area contributed by atoms with Crippen molar-refractivity contribution in [3.63, 3.8) is 0 Å². The molecule has 0 aromatic rings. The van der Waals surface area contributed by atoms with Gasteiger partial charge in [-0.3, -0.25) is 0 Å². The quantitative estimate of drug-likeness (QED) is 0.617. The van der Waals surface area contributed by atoms with E-state index in [9.17, 15) is 9.90 Å². The van der Waals surface area contributed by atoms with E-state index in [-0.39, 0.29) is 34.8 Å². The molecule has 0 radical (unpaired) electrons. The normalized spacial score (nSPS) is 22.9. The van der Waals surface area contributed by atoms with E-state index in [2.05, 4.69) is 0 Å². The van der Waals surface area contributed by atoms with Crippen LogP contribution in [0.2, 0.25) is 0 Å². The topological polar surface area (TPSA) is 40.1 Å². The van der Waals surface area contributed by atoms with Gasteiger partial charge in [-0.25, -0.2) is 0 Å². The van der Waals surface area contributed by atoms with Gasteiger partial charge in [-0.05, 0) is 25.7 Å². The molecule has 0 bridgehead atoms. The largest absolute Gasteiger partial charge is 1.00 e. The molecule has 0 N–H and O–H groups in total. The molecule has 0 aliphatic heterocycles. The van der Waals surface area contributed by atoms with Crippen LogP contribution in [-0.2, 0) is 4.79 Å². The summed E-state index contributed by atoms with van der Waals surface area (Å²) in [5.41, 5.74) is 0. The Hall–Kier alpha value is 1.17. The van der Waals surface area contributed by atoms with Crippen LogP contribution in [0.5, 0.6) is 0 Å². The number of carboxylic acid groups (broad SMARTS) is 1. The second-order valence-corrected chi connectivity index (χ2v) is 7.93. The molecule has 2 saturated carbocycles. The summed E-state index contributed by atoms with van der Waals surface area (Å²) >= 11 is 3.52. The number of carbonyl (C=O) groups excluding carboxylic acids is 1. The van der Waals surface area contributed by atoms with Crippen LogP contribution in [0.15, 0.2) is 0 Å². The average molecular weight is 296 g/mol. The SMILES string of the molecule is O=C([O-])C(CSC1CCCC1)SC1CCCC1.[Na+]. The van der Waals surface area contributed by atoms with Crippen molar-refractivity contribution in [1.82, 2.24) is 0 Å². The van der Waals surface area contributed by atoms with E-state index in [1.54, 1.807) is 11.8 Å². The Kier molecular flexibility index (Phi) is 8.77. The molecular weight excluding hydrogens is 275 g/mol. The molecule has 0 aromatic heterocycles. The number of hydrogen-bond acceptors (Lipinski definition) is 4. The fourth-order valence-electron chi connectivity index (χ4n) is 2.70. The minimum Gasteiger partial charge on any atom is -0.549 e. The van der Waals surface area contributed by atoms with E-state index in [1.165, 1.54) is 51.4 Å². The molecule has 0 aromatic carbocycles. The number of carbonyl (C=O) groups is 1. The Bertz CT molecular complexity index is 251. The predicted octanol–water partition coefficient (Wildman–Crippen LogP) is -0.539. The molecule has 2 rings (SSSR count). The van der Waals surface area contributed by atoms with Gasteiger partial charge < -0.3 is 9.90 Å². The Morgan fingerprint density at radius 2 is 1.56 bits per heavy atom. The molecule has 2 aliphatic carbocycles. The van der Waals surface area contributed by atoms with Crippen molar-refractivity contribution in [1.29, 1.82) is 0 Å². The van der Waals surface area contributed by atoms with Gasteiger partial charge in [0.2, 0.25) is 0 Å². The van der Waals surface area contributed by atoms with Crippen molar-refractivity contribution in [2.75, 3.05) is 5.75 Å². The number of hydrogen-bond donors (Lipinski definition) is 0. The molecule has 1 atom stereocenters. The summed E-state index contributed by atoms with van der Waals surface area (Å²) in [7, 11) is 0. The second-order valence-electron chi connectivity index (χ2n) is 5.09. The molecular formula is C13H21NaO2S2. The van der Waals surface area contributed by atoms with Crippen molar-refractivity contribution in [2.24, 2.45) is 0 Å². The maximum atomic E-state index is 11.1. The molecule has 98 valence electrons. The molecule has 2 aliphatic rings. The first-order chi connectivity index (χ1) is 8.25. The van der Waals surface area contributed by atoms with Crippen LogP contribution in [0.4, 0.5) is 0 Å². The Balaban J connectivity index is 0.00000162. The van der Waals surface area contributed by atoms with Gasteiger partial charge >= 0.3 is 29.6 Å².